The molecule has 1 heterocycles. The third-order valence-electron chi connectivity index (χ3n) is 2.58. The normalized spacial score (nSPS) is 10.7. The number of anilines is 1. The molecule has 3 nitrogen and oxygen atoms in total. The summed E-state index contributed by atoms with van der Waals surface area (Å²) in [5, 5.41) is 5.44. The van der Waals surface area contributed by atoms with Crippen LogP contribution in [0.25, 0.3) is 10.9 Å². The van der Waals surface area contributed by atoms with Crippen molar-refractivity contribution in [1.82, 2.24) is 9.97 Å². The first-order valence-corrected chi connectivity index (χ1v) is 7.12. The molecule has 0 saturated heterocycles. The number of aromatic nitrogens is 2. The van der Waals surface area contributed by atoms with Crippen molar-refractivity contribution in [2.75, 3.05) is 18.1 Å². The zero-order valence-corrected chi connectivity index (χ0v) is 11.0. The van der Waals surface area contributed by atoms with Crippen molar-refractivity contribution in [2.45, 2.75) is 24.8 Å². The third kappa shape index (κ3) is 2.88. The zero-order chi connectivity index (χ0) is 12.1. The maximum atomic E-state index is 4.53. The summed E-state index contributed by atoms with van der Waals surface area (Å²) >= 11 is 1.66. The number of nitrogens with zero attached hydrogens (tertiary/aromatic N) is 2. The maximum Gasteiger partial charge on any atom is 0.224 e. The fraction of sp³-hybridized carbons (Fsp3) is 0.385. The van der Waals surface area contributed by atoms with E-state index in [1.165, 1.54) is 6.42 Å². The average Bonchev–Trinajstić information content (AvgIpc) is 2.38. The van der Waals surface area contributed by atoms with Crippen LogP contribution >= 0.6 is 11.8 Å². The van der Waals surface area contributed by atoms with Crippen LogP contribution in [0.4, 0.5) is 5.95 Å². The number of thioether (sulfide) groups is 1. The Morgan fingerprint density at radius 1 is 1.24 bits per heavy atom. The van der Waals surface area contributed by atoms with E-state index in [0.29, 0.717) is 0 Å². The molecule has 0 aliphatic rings. The van der Waals surface area contributed by atoms with Crippen LogP contribution in [0.1, 0.15) is 19.8 Å². The molecule has 2 rings (SSSR count). The number of unbranched alkanes of at least 4 members (excludes halogenated alkanes) is 1. The lowest BCUT2D eigenvalue weighted by Gasteiger charge is -2.08. The van der Waals surface area contributed by atoms with E-state index in [2.05, 4.69) is 28.3 Å². The molecule has 0 aliphatic heterocycles. The molecule has 0 amide bonds. The molecular weight excluding hydrogens is 230 g/mol. The molecule has 0 atom stereocenters. The van der Waals surface area contributed by atoms with Crippen LogP contribution in [0.3, 0.4) is 0 Å². The van der Waals surface area contributed by atoms with Crippen molar-refractivity contribution in [1.29, 1.82) is 0 Å². The maximum absolute atomic E-state index is 4.53. The molecule has 90 valence electrons. The highest BCUT2D eigenvalue weighted by Crippen LogP contribution is 2.24. The monoisotopic (exact) mass is 247 g/mol. The highest BCUT2D eigenvalue weighted by molar-refractivity contribution is 7.98. The van der Waals surface area contributed by atoms with Gasteiger partial charge in [-0.25, -0.2) is 9.97 Å². The SMILES string of the molecule is CCCCNc1nc(SC)c2ccccc2n1. The van der Waals surface area contributed by atoms with E-state index in [-0.39, 0.29) is 0 Å². The molecule has 0 fully saturated rings. The van der Waals surface area contributed by atoms with Gasteiger partial charge in [-0.3, -0.25) is 0 Å². The Morgan fingerprint density at radius 3 is 2.82 bits per heavy atom. The fourth-order valence-corrected chi connectivity index (χ4v) is 2.23. The Bertz CT molecular complexity index is 499. The second kappa shape index (κ2) is 5.87. The number of rotatable bonds is 5. The van der Waals surface area contributed by atoms with E-state index in [0.717, 1.165) is 34.8 Å². The molecule has 0 unspecified atom stereocenters. The number of nitrogens with one attached hydrogen (secondary N) is 1. The average molecular weight is 247 g/mol. The van der Waals surface area contributed by atoms with Crippen molar-refractivity contribution < 1.29 is 0 Å². The van der Waals surface area contributed by atoms with Crippen LogP contribution in [0.2, 0.25) is 0 Å². The van der Waals surface area contributed by atoms with Gasteiger partial charge in [0, 0.05) is 11.9 Å². The summed E-state index contributed by atoms with van der Waals surface area (Å²) in [6.45, 7) is 3.11. The van der Waals surface area contributed by atoms with E-state index in [9.17, 15) is 0 Å². The first-order valence-electron chi connectivity index (χ1n) is 5.89. The number of fused-ring (bicyclic) bond motifs is 1. The lowest BCUT2D eigenvalue weighted by atomic mass is 10.2. The van der Waals surface area contributed by atoms with Crippen LogP contribution in [0.5, 0.6) is 0 Å². The largest absolute Gasteiger partial charge is 0.354 e. The second-order valence-corrected chi connectivity index (χ2v) is 4.65. The molecule has 0 aliphatic carbocycles. The Labute approximate surface area is 106 Å². The van der Waals surface area contributed by atoms with E-state index in [4.69, 9.17) is 0 Å². The summed E-state index contributed by atoms with van der Waals surface area (Å²) in [6.07, 6.45) is 4.37. The zero-order valence-electron chi connectivity index (χ0n) is 10.2. The standard InChI is InChI=1S/C13H17N3S/c1-3-4-9-14-13-15-11-8-6-5-7-10(11)12(16-13)17-2/h5-8H,3-4,9H2,1-2H3,(H,14,15,16). The first kappa shape index (κ1) is 12.2. The van der Waals surface area contributed by atoms with Gasteiger partial charge >= 0.3 is 0 Å². The second-order valence-electron chi connectivity index (χ2n) is 3.85. The highest BCUT2D eigenvalue weighted by atomic mass is 32.2. The Hall–Kier alpha value is -1.29. The Kier molecular flexibility index (Phi) is 4.20. The molecule has 2 aromatic rings. The van der Waals surface area contributed by atoms with Gasteiger partial charge in [-0.15, -0.1) is 11.8 Å². The van der Waals surface area contributed by atoms with Gasteiger partial charge in [0.1, 0.15) is 5.03 Å². The minimum Gasteiger partial charge on any atom is -0.354 e. The van der Waals surface area contributed by atoms with Crippen molar-refractivity contribution in [2.24, 2.45) is 0 Å². The Balaban J connectivity index is 2.32. The van der Waals surface area contributed by atoms with Gasteiger partial charge in [-0.1, -0.05) is 31.5 Å². The molecule has 17 heavy (non-hydrogen) atoms. The minimum absolute atomic E-state index is 0.738. The summed E-state index contributed by atoms with van der Waals surface area (Å²) < 4.78 is 0. The molecular formula is C13H17N3S. The van der Waals surface area contributed by atoms with Crippen molar-refractivity contribution in [3.05, 3.63) is 24.3 Å². The van der Waals surface area contributed by atoms with E-state index in [1.807, 2.05) is 24.5 Å². The van der Waals surface area contributed by atoms with Gasteiger partial charge in [0.15, 0.2) is 0 Å². The van der Waals surface area contributed by atoms with Gasteiger partial charge in [-0.05, 0) is 18.7 Å². The number of benzene rings is 1. The molecule has 0 spiro atoms. The summed E-state index contributed by atoms with van der Waals surface area (Å²) in [4.78, 5) is 9.05. The molecule has 0 saturated carbocycles. The molecule has 1 aromatic carbocycles. The van der Waals surface area contributed by atoms with Crippen LogP contribution in [-0.4, -0.2) is 22.8 Å². The van der Waals surface area contributed by atoms with E-state index < -0.39 is 0 Å². The smallest absolute Gasteiger partial charge is 0.224 e. The first-order chi connectivity index (χ1) is 8.35. The van der Waals surface area contributed by atoms with Crippen LogP contribution in [0.15, 0.2) is 29.3 Å². The van der Waals surface area contributed by atoms with Crippen LogP contribution in [-0.2, 0) is 0 Å². The van der Waals surface area contributed by atoms with Gasteiger partial charge in [0.05, 0.1) is 5.52 Å². The quantitative estimate of drug-likeness (QED) is 0.498. The molecule has 4 heteroatoms. The van der Waals surface area contributed by atoms with Gasteiger partial charge in [0.25, 0.3) is 0 Å². The van der Waals surface area contributed by atoms with Crippen molar-refractivity contribution in [3.8, 4) is 0 Å². The summed E-state index contributed by atoms with van der Waals surface area (Å²) in [6, 6.07) is 8.13. The van der Waals surface area contributed by atoms with E-state index in [1.54, 1.807) is 11.8 Å². The van der Waals surface area contributed by atoms with Crippen molar-refractivity contribution >= 4 is 28.6 Å². The van der Waals surface area contributed by atoms with Crippen LogP contribution in [0, 0.1) is 0 Å². The van der Waals surface area contributed by atoms with Gasteiger partial charge < -0.3 is 5.32 Å². The lowest BCUT2D eigenvalue weighted by molar-refractivity contribution is 0.825. The molecule has 0 bridgehead atoms. The summed E-state index contributed by atoms with van der Waals surface area (Å²) in [5.74, 6) is 0.738. The van der Waals surface area contributed by atoms with Gasteiger partial charge in [0.2, 0.25) is 5.95 Å². The predicted octanol–water partition coefficient (Wildman–Crippen LogP) is 3.56. The summed E-state index contributed by atoms with van der Waals surface area (Å²) in [5.41, 5.74) is 1.01. The van der Waals surface area contributed by atoms with Crippen LogP contribution < -0.4 is 5.32 Å². The number of hydrogen-bond donors (Lipinski definition) is 1. The summed E-state index contributed by atoms with van der Waals surface area (Å²) in [7, 11) is 0. The van der Waals surface area contributed by atoms with Crippen molar-refractivity contribution in [3.63, 3.8) is 0 Å². The molecule has 1 aromatic heterocycles. The number of hydrogen-bond acceptors (Lipinski definition) is 4. The minimum atomic E-state index is 0.738. The highest BCUT2D eigenvalue weighted by Gasteiger charge is 2.05. The lowest BCUT2D eigenvalue weighted by Crippen LogP contribution is -2.05. The molecule has 1 N–H and O–H groups in total. The molecule has 0 radical (unpaired) electrons. The number of para-hydroxylation sites is 1. The topological polar surface area (TPSA) is 37.8 Å². The van der Waals surface area contributed by atoms with E-state index >= 15 is 0 Å². The van der Waals surface area contributed by atoms with Gasteiger partial charge in [-0.2, -0.15) is 0 Å². The predicted molar refractivity (Wildman–Crippen MR) is 74.7 cm³/mol. The third-order valence-corrected chi connectivity index (χ3v) is 3.27. The fourth-order valence-electron chi connectivity index (χ4n) is 1.66. The Morgan fingerprint density at radius 2 is 2.06 bits per heavy atom.